The van der Waals surface area contributed by atoms with E-state index in [1.54, 1.807) is 6.07 Å². The third kappa shape index (κ3) is 4.98. The fourth-order valence-electron chi connectivity index (χ4n) is 3.07. The fourth-order valence-corrected chi connectivity index (χ4v) is 3.07. The summed E-state index contributed by atoms with van der Waals surface area (Å²) in [7, 11) is 0. The number of halogens is 1. The largest absolute Gasteiger partial charge is 0.369 e. The van der Waals surface area contributed by atoms with Crippen LogP contribution in [-0.4, -0.2) is 19.6 Å². The summed E-state index contributed by atoms with van der Waals surface area (Å²) in [6, 6.07) is 5.96. The van der Waals surface area contributed by atoms with Gasteiger partial charge in [0, 0.05) is 19.1 Å². The molecule has 1 aromatic carbocycles. The monoisotopic (exact) mass is 306 g/mol. The van der Waals surface area contributed by atoms with Crippen molar-refractivity contribution in [2.24, 2.45) is 5.92 Å². The number of nitrogens with zero attached hydrogens (tertiary/aromatic N) is 1. The lowest BCUT2D eigenvalue weighted by Crippen LogP contribution is -2.25. The summed E-state index contributed by atoms with van der Waals surface area (Å²) in [5.74, 6) is 0.624. The van der Waals surface area contributed by atoms with Crippen LogP contribution in [0.15, 0.2) is 18.2 Å². The first-order valence-corrected chi connectivity index (χ1v) is 8.85. The van der Waals surface area contributed by atoms with Crippen LogP contribution in [0.3, 0.4) is 0 Å². The van der Waals surface area contributed by atoms with Crippen molar-refractivity contribution in [3.8, 4) is 0 Å². The molecule has 124 valence electrons. The minimum atomic E-state index is -0.0723. The van der Waals surface area contributed by atoms with Crippen LogP contribution in [-0.2, 0) is 0 Å². The predicted octanol–water partition coefficient (Wildman–Crippen LogP) is 4.90. The molecule has 1 N–H and O–H groups in total. The lowest BCUT2D eigenvalue weighted by atomic mass is 10.1. The normalized spacial score (nSPS) is 17.6. The second-order valence-electron chi connectivity index (χ2n) is 6.97. The van der Waals surface area contributed by atoms with Gasteiger partial charge in [-0.05, 0) is 56.3 Å². The van der Waals surface area contributed by atoms with Gasteiger partial charge in [0.05, 0.1) is 5.69 Å². The second kappa shape index (κ2) is 8.52. The van der Waals surface area contributed by atoms with Crippen LogP contribution < -0.4 is 10.2 Å². The molecule has 0 saturated carbocycles. The Balaban J connectivity index is 1.98. The van der Waals surface area contributed by atoms with Crippen molar-refractivity contribution in [2.45, 2.75) is 58.9 Å². The van der Waals surface area contributed by atoms with E-state index in [9.17, 15) is 4.39 Å². The summed E-state index contributed by atoms with van der Waals surface area (Å²) in [5.41, 5.74) is 1.82. The molecule has 1 fully saturated rings. The van der Waals surface area contributed by atoms with E-state index in [-0.39, 0.29) is 11.9 Å². The third-order valence-electron chi connectivity index (χ3n) is 4.59. The summed E-state index contributed by atoms with van der Waals surface area (Å²) in [6.45, 7) is 9.51. The molecule has 1 atom stereocenters. The van der Waals surface area contributed by atoms with Gasteiger partial charge >= 0.3 is 0 Å². The Kier molecular flexibility index (Phi) is 6.69. The van der Waals surface area contributed by atoms with E-state index < -0.39 is 0 Å². The number of benzene rings is 1. The number of nitrogens with one attached hydrogen (secondary N) is 1. The quantitative estimate of drug-likeness (QED) is 0.804. The zero-order valence-corrected chi connectivity index (χ0v) is 14.4. The average Bonchev–Trinajstić information content (AvgIpc) is 2.75. The molecular formula is C19H31FN2. The second-order valence-corrected chi connectivity index (χ2v) is 6.97. The standard InChI is InChI=1S/C19H31FN2/c1-15(2)10-11-21-16(3)17-8-9-19(18(20)14-17)22-12-6-4-5-7-13-22/h8-9,14-16,21H,4-7,10-13H2,1-3H3/t16-/m0/s1. The fraction of sp³-hybridized carbons (Fsp3) is 0.684. The van der Waals surface area contributed by atoms with Crippen molar-refractivity contribution in [2.75, 3.05) is 24.5 Å². The average molecular weight is 306 g/mol. The number of anilines is 1. The Morgan fingerprint density at radius 2 is 1.77 bits per heavy atom. The van der Waals surface area contributed by atoms with Crippen LogP contribution in [0.25, 0.3) is 0 Å². The highest BCUT2D eigenvalue weighted by atomic mass is 19.1. The molecule has 1 aliphatic rings. The van der Waals surface area contributed by atoms with E-state index in [2.05, 4.69) is 37.1 Å². The van der Waals surface area contributed by atoms with Crippen molar-refractivity contribution < 1.29 is 4.39 Å². The number of hydrogen-bond donors (Lipinski definition) is 1. The maximum absolute atomic E-state index is 14.5. The zero-order valence-electron chi connectivity index (χ0n) is 14.4. The smallest absolute Gasteiger partial charge is 0.146 e. The van der Waals surface area contributed by atoms with Gasteiger partial charge < -0.3 is 10.2 Å². The van der Waals surface area contributed by atoms with Crippen molar-refractivity contribution in [1.82, 2.24) is 5.32 Å². The topological polar surface area (TPSA) is 15.3 Å². The van der Waals surface area contributed by atoms with Gasteiger partial charge in [-0.2, -0.15) is 0 Å². The molecule has 0 spiro atoms. The van der Waals surface area contributed by atoms with E-state index in [1.807, 2.05) is 6.07 Å². The van der Waals surface area contributed by atoms with E-state index in [4.69, 9.17) is 0 Å². The lowest BCUT2D eigenvalue weighted by molar-refractivity contribution is 0.495. The molecule has 0 aliphatic carbocycles. The van der Waals surface area contributed by atoms with Crippen LogP contribution >= 0.6 is 0 Å². The molecule has 0 aromatic heterocycles. The van der Waals surface area contributed by atoms with Crippen LogP contribution in [0.1, 0.15) is 64.5 Å². The minimum Gasteiger partial charge on any atom is -0.369 e. The lowest BCUT2D eigenvalue weighted by Gasteiger charge is -2.24. The number of hydrogen-bond acceptors (Lipinski definition) is 2. The molecule has 0 amide bonds. The molecule has 0 radical (unpaired) electrons. The molecule has 3 heteroatoms. The van der Waals surface area contributed by atoms with Crippen molar-refractivity contribution in [3.05, 3.63) is 29.6 Å². The van der Waals surface area contributed by atoms with Gasteiger partial charge in [-0.15, -0.1) is 0 Å². The first-order valence-electron chi connectivity index (χ1n) is 8.85. The van der Waals surface area contributed by atoms with Gasteiger partial charge in [-0.3, -0.25) is 0 Å². The van der Waals surface area contributed by atoms with E-state index in [1.165, 1.54) is 25.7 Å². The van der Waals surface area contributed by atoms with Gasteiger partial charge in [-0.25, -0.2) is 4.39 Å². The maximum atomic E-state index is 14.5. The molecular weight excluding hydrogens is 275 g/mol. The summed E-state index contributed by atoms with van der Waals surface area (Å²) in [5, 5.41) is 3.49. The highest BCUT2D eigenvalue weighted by Crippen LogP contribution is 2.25. The van der Waals surface area contributed by atoms with Crippen LogP contribution in [0.2, 0.25) is 0 Å². The molecule has 2 nitrogen and oxygen atoms in total. The number of rotatable bonds is 6. The van der Waals surface area contributed by atoms with Gasteiger partial charge in [0.1, 0.15) is 5.82 Å². The van der Waals surface area contributed by atoms with Crippen LogP contribution in [0.5, 0.6) is 0 Å². The summed E-state index contributed by atoms with van der Waals surface area (Å²) < 4.78 is 14.5. The Morgan fingerprint density at radius 3 is 2.36 bits per heavy atom. The zero-order chi connectivity index (χ0) is 15.9. The highest BCUT2D eigenvalue weighted by molar-refractivity contribution is 5.49. The molecule has 0 unspecified atom stereocenters. The Bertz CT molecular complexity index is 451. The van der Waals surface area contributed by atoms with Gasteiger partial charge in [0.25, 0.3) is 0 Å². The van der Waals surface area contributed by atoms with Crippen molar-refractivity contribution >= 4 is 5.69 Å². The summed E-state index contributed by atoms with van der Waals surface area (Å²) >= 11 is 0. The molecule has 22 heavy (non-hydrogen) atoms. The van der Waals surface area contributed by atoms with Gasteiger partial charge in [0.2, 0.25) is 0 Å². The Hall–Kier alpha value is -1.09. The summed E-state index contributed by atoms with van der Waals surface area (Å²) in [6.07, 6.45) is 6.04. The van der Waals surface area contributed by atoms with Crippen LogP contribution in [0.4, 0.5) is 10.1 Å². The predicted molar refractivity (Wildman–Crippen MR) is 93.0 cm³/mol. The highest BCUT2D eigenvalue weighted by Gasteiger charge is 2.15. The van der Waals surface area contributed by atoms with E-state index >= 15 is 0 Å². The van der Waals surface area contributed by atoms with Crippen LogP contribution in [0, 0.1) is 11.7 Å². The molecule has 1 heterocycles. The molecule has 1 saturated heterocycles. The Morgan fingerprint density at radius 1 is 1.09 bits per heavy atom. The first kappa shape index (κ1) is 17.3. The first-order chi connectivity index (χ1) is 10.6. The minimum absolute atomic E-state index is 0.0723. The van der Waals surface area contributed by atoms with Crippen molar-refractivity contribution in [1.29, 1.82) is 0 Å². The maximum Gasteiger partial charge on any atom is 0.146 e. The molecule has 1 aliphatic heterocycles. The molecule has 0 bridgehead atoms. The molecule has 1 aromatic rings. The van der Waals surface area contributed by atoms with E-state index in [0.29, 0.717) is 5.92 Å². The van der Waals surface area contributed by atoms with Gasteiger partial charge in [0.15, 0.2) is 0 Å². The Labute approximate surface area is 135 Å². The SMILES string of the molecule is CC(C)CCN[C@@H](C)c1ccc(N2CCCCCC2)c(F)c1. The van der Waals surface area contributed by atoms with E-state index in [0.717, 1.165) is 37.3 Å². The van der Waals surface area contributed by atoms with Crippen molar-refractivity contribution in [3.63, 3.8) is 0 Å². The van der Waals surface area contributed by atoms with Gasteiger partial charge in [-0.1, -0.05) is 32.8 Å². The summed E-state index contributed by atoms with van der Waals surface area (Å²) in [4.78, 5) is 2.21. The molecule has 2 rings (SSSR count). The third-order valence-corrected chi connectivity index (χ3v) is 4.59.